The van der Waals surface area contributed by atoms with Crippen molar-refractivity contribution in [2.24, 2.45) is 0 Å². The predicted octanol–water partition coefficient (Wildman–Crippen LogP) is 1.04. The van der Waals surface area contributed by atoms with Crippen LogP contribution >= 0.6 is 0 Å². The molecule has 0 amide bonds. The zero-order valence-electron chi connectivity index (χ0n) is 5.54. The van der Waals surface area contributed by atoms with E-state index in [0.29, 0.717) is 11.8 Å². The summed E-state index contributed by atoms with van der Waals surface area (Å²) in [5.41, 5.74) is 1.02. The molecule has 0 bridgehead atoms. The fraction of sp³-hybridized carbons (Fsp3) is 0.250. The van der Waals surface area contributed by atoms with Crippen molar-refractivity contribution in [3.8, 4) is 5.75 Å². The third-order valence-electron chi connectivity index (χ3n) is 1.72. The summed E-state index contributed by atoms with van der Waals surface area (Å²) in [7, 11) is 0. The normalized spacial score (nSPS) is 22.6. The lowest BCUT2D eigenvalue weighted by Gasteiger charge is -1.98. The molecular weight excluding hydrogens is 126 g/mol. The molecule has 52 valence electrons. The van der Waals surface area contributed by atoms with Gasteiger partial charge in [0.2, 0.25) is 0 Å². The number of nitrogens with one attached hydrogen (secondary N) is 1. The fourth-order valence-electron chi connectivity index (χ4n) is 1.06. The highest BCUT2D eigenvalue weighted by Gasteiger charge is 2.24. The second-order valence-corrected chi connectivity index (χ2v) is 2.52. The molecule has 0 spiro atoms. The third kappa shape index (κ3) is 0.866. The molecule has 2 N–H and O–H groups in total. The Hall–Kier alpha value is -1.02. The second-order valence-electron chi connectivity index (χ2n) is 2.52. The molecule has 0 unspecified atom stereocenters. The van der Waals surface area contributed by atoms with Crippen LogP contribution in [0.25, 0.3) is 0 Å². The van der Waals surface area contributed by atoms with Gasteiger partial charge in [-0.1, -0.05) is 18.2 Å². The van der Waals surface area contributed by atoms with Gasteiger partial charge in [-0.05, 0) is 6.07 Å². The third-order valence-corrected chi connectivity index (χ3v) is 1.72. The number of rotatable bonds is 1. The van der Waals surface area contributed by atoms with Gasteiger partial charge in [0, 0.05) is 18.2 Å². The van der Waals surface area contributed by atoms with Gasteiger partial charge >= 0.3 is 0 Å². The fourth-order valence-corrected chi connectivity index (χ4v) is 1.06. The first-order chi connectivity index (χ1) is 4.88. The van der Waals surface area contributed by atoms with Crippen molar-refractivity contribution >= 4 is 0 Å². The lowest BCUT2D eigenvalue weighted by atomic mass is 10.1. The standard InChI is InChI=1S/C8H9NO/c10-8-4-2-1-3-6(8)7-5-9-7/h1-4,7,9-10H,5H2/t7-/m1/s1. The number of phenolic OH excluding ortho intramolecular Hbond substituents is 1. The average Bonchev–Trinajstić information content (AvgIpc) is 2.71. The van der Waals surface area contributed by atoms with Gasteiger partial charge in [-0.15, -0.1) is 0 Å². The van der Waals surface area contributed by atoms with E-state index in [1.54, 1.807) is 6.07 Å². The van der Waals surface area contributed by atoms with Crippen LogP contribution in [0.1, 0.15) is 11.6 Å². The minimum absolute atomic E-state index is 0.400. The van der Waals surface area contributed by atoms with Crippen LogP contribution in [0.5, 0.6) is 5.75 Å². The maximum atomic E-state index is 9.28. The van der Waals surface area contributed by atoms with Crippen molar-refractivity contribution in [1.82, 2.24) is 5.32 Å². The lowest BCUT2D eigenvalue weighted by molar-refractivity contribution is 0.468. The van der Waals surface area contributed by atoms with Gasteiger partial charge in [-0.2, -0.15) is 0 Å². The van der Waals surface area contributed by atoms with E-state index in [1.807, 2.05) is 18.2 Å². The molecule has 2 heteroatoms. The highest BCUT2D eigenvalue weighted by molar-refractivity contribution is 5.36. The Labute approximate surface area is 59.5 Å². The van der Waals surface area contributed by atoms with Gasteiger partial charge in [0.15, 0.2) is 0 Å². The van der Waals surface area contributed by atoms with Crippen LogP contribution in [0.4, 0.5) is 0 Å². The number of phenols is 1. The number of para-hydroxylation sites is 1. The smallest absolute Gasteiger partial charge is 0.120 e. The summed E-state index contributed by atoms with van der Waals surface area (Å²) >= 11 is 0. The molecule has 1 aliphatic heterocycles. The minimum Gasteiger partial charge on any atom is -0.508 e. The van der Waals surface area contributed by atoms with Crippen LogP contribution in [0.3, 0.4) is 0 Å². The van der Waals surface area contributed by atoms with E-state index >= 15 is 0 Å². The SMILES string of the molecule is Oc1ccccc1[C@H]1CN1. The summed E-state index contributed by atoms with van der Waals surface area (Å²) in [6.45, 7) is 0.998. The van der Waals surface area contributed by atoms with Crippen LogP contribution in [0, 0.1) is 0 Å². The molecule has 0 saturated carbocycles. The maximum Gasteiger partial charge on any atom is 0.120 e. The van der Waals surface area contributed by atoms with Gasteiger partial charge in [-0.3, -0.25) is 0 Å². The van der Waals surface area contributed by atoms with Crippen LogP contribution in [0.15, 0.2) is 24.3 Å². The van der Waals surface area contributed by atoms with E-state index in [2.05, 4.69) is 5.32 Å². The Kier molecular flexibility index (Phi) is 1.14. The van der Waals surface area contributed by atoms with Gasteiger partial charge in [0.25, 0.3) is 0 Å². The van der Waals surface area contributed by atoms with Gasteiger partial charge in [0.1, 0.15) is 5.75 Å². The van der Waals surface area contributed by atoms with E-state index < -0.39 is 0 Å². The first kappa shape index (κ1) is 5.74. The maximum absolute atomic E-state index is 9.28. The van der Waals surface area contributed by atoms with Crippen LogP contribution < -0.4 is 5.32 Å². The Morgan fingerprint density at radius 3 is 2.70 bits per heavy atom. The number of hydrogen-bond acceptors (Lipinski definition) is 2. The van der Waals surface area contributed by atoms with Gasteiger partial charge < -0.3 is 10.4 Å². The van der Waals surface area contributed by atoms with Crippen molar-refractivity contribution in [2.75, 3.05) is 6.54 Å². The van der Waals surface area contributed by atoms with Crippen molar-refractivity contribution in [2.45, 2.75) is 6.04 Å². The molecule has 1 aliphatic rings. The molecule has 1 aromatic rings. The molecular formula is C8H9NO. The highest BCUT2D eigenvalue weighted by atomic mass is 16.3. The first-order valence-corrected chi connectivity index (χ1v) is 3.39. The van der Waals surface area contributed by atoms with Crippen LogP contribution in [0.2, 0.25) is 0 Å². The van der Waals surface area contributed by atoms with E-state index in [9.17, 15) is 5.11 Å². The molecule has 2 rings (SSSR count). The molecule has 1 atom stereocenters. The molecule has 0 aromatic heterocycles. The Balaban J connectivity index is 2.39. The summed E-state index contributed by atoms with van der Waals surface area (Å²) < 4.78 is 0. The molecule has 0 radical (unpaired) electrons. The zero-order valence-corrected chi connectivity index (χ0v) is 5.54. The Morgan fingerprint density at radius 1 is 1.40 bits per heavy atom. The molecule has 1 heterocycles. The number of benzene rings is 1. The van der Waals surface area contributed by atoms with E-state index in [4.69, 9.17) is 0 Å². The summed E-state index contributed by atoms with van der Waals surface area (Å²) in [6, 6.07) is 7.84. The number of aromatic hydroxyl groups is 1. The van der Waals surface area contributed by atoms with Crippen molar-refractivity contribution < 1.29 is 5.11 Å². The molecule has 2 nitrogen and oxygen atoms in total. The highest BCUT2D eigenvalue weighted by Crippen LogP contribution is 2.28. The topological polar surface area (TPSA) is 42.2 Å². The molecule has 10 heavy (non-hydrogen) atoms. The second kappa shape index (κ2) is 1.99. The van der Waals surface area contributed by atoms with Crippen molar-refractivity contribution in [3.63, 3.8) is 0 Å². The molecule has 1 fully saturated rings. The summed E-state index contributed by atoms with van der Waals surface area (Å²) in [5.74, 6) is 0.400. The predicted molar refractivity (Wildman–Crippen MR) is 38.9 cm³/mol. The van der Waals surface area contributed by atoms with E-state index in [1.165, 1.54) is 0 Å². The molecule has 0 aliphatic carbocycles. The minimum atomic E-state index is 0.400. The summed E-state index contributed by atoms with van der Waals surface area (Å²) in [4.78, 5) is 0. The quantitative estimate of drug-likeness (QED) is 0.565. The Bertz CT molecular complexity index is 243. The van der Waals surface area contributed by atoms with Crippen LogP contribution in [-0.4, -0.2) is 11.7 Å². The summed E-state index contributed by atoms with van der Waals surface area (Å²) in [5, 5.41) is 12.4. The van der Waals surface area contributed by atoms with E-state index in [-0.39, 0.29) is 0 Å². The zero-order chi connectivity index (χ0) is 6.97. The summed E-state index contributed by atoms with van der Waals surface area (Å²) in [6.07, 6.45) is 0. The number of hydrogen-bond donors (Lipinski definition) is 2. The van der Waals surface area contributed by atoms with Gasteiger partial charge in [0.05, 0.1) is 0 Å². The van der Waals surface area contributed by atoms with E-state index in [0.717, 1.165) is 12.1 Å². The lowest BCUT2D eigenvalue weighted by Crippen LogP contribution is -1.83. The molecule has 1 aromatic carbocycles. The molecule has 1 saturated heterocycles. The van der Waals surface area contributed by atoms with Crippen molar-refractivity contribution in [1.29, 1.82) is 0 Å². The average molecular weight is 135 g/mol. The van der Waals surface area contributed by atoms with Gasteiger partial charge in [-0.25, -0.2) is 0 Å². The monoisotopic (exact) mass is 135 g/mol. The van der Waals surface area contributed by atoms with Crippen molar-refractivity contribution in [3.05, 3.63) is 29.8 Å². The van der Waals surface area contributed by atoms with Crippen LogP contribution in [-0.2, 0) is 0 Å². The first-order valence-electron chi connectivity index (χ1n) is 3.39. The largest absolute Gasteiger partial charge is 0.508 e. The Morgan fingerprint density at radius 2 is 2.10 bits per heavy atom.